The van der Waals surface area contributed by atoms with Gasteiger partial charge in [-0.2, -0.15) is 13.2 Å². The van der Waals surface area contributed by atoms with Crippen LogP contribution in [0.25, 0.3) is 0 Å². The summed E-state index contributed by atoms with van der Waals surface area (Å²) in [6, 6.07) is 1.24. The first-order valence-electron chi connectivity index (χ1n) is 5.86. The van der Waals surface area contributed by atoms with Crippen molar-refractivity contribution < 1.29 is 17.6 Å². The molecule has 114 valence electrons. The Kier molecular flexibility index (Phi) is 6.06. The third kappa shape index (κ3) is 3.97. The van der Waals surface area contributed by atoms with Crippen LogP contribution in [0, 0.1) is 5.82 Å². The Bertz CT molecular complexity index is 448. The Hall–Kier alpha value is -0.560. The average Bonchev–Trinajstić information content (AvgIpc) is 2.32. The number of piperazine rings is 1. The highest BCUT2D eigenvalue weighted by Crippen LogP contribution is 2.40. The molecule has 0 bridgehead atoms. The first-order chi connectivity index (χ1) is 8.89. The van der Waals surface area contributed by atoms with Crippen molar-refractivity contribution in [2.24, 2.45) is 0 Å². The van der Waals surface area contributed by atoms with Crippen LogP contribution in [0.3, 0.4) is 0 Å². The van der Waals surface area contributed by atoms with Gasteiger partial charge in [-0.15, -0.1) is 12.4 Å². The van der Waals surface area contributed by atoms with E-state index in [1.807, 2.05) is 0 Å². The molecule has 1 fully saturated rings. The first-order valence-corrected chi connectivity index (χ1v) is 6.24. The Morgan fingerprint density at radius 2 is 1.80 bits per heavy atom. The largest absolute Gasteiger partial charge is 0.408 e. The molecule has 8 heteroatoms. The normalized spacial score (nSPS) is 18.4. The topological polar surface area (TPSA) is 15.3 Å². The number of benzene rings is 1. The fraction of sp³-hybridized carbons (Fsp3) is 0.500. The zero-order chi connectivity index (χ0) is 14.0. The second-order valence-corrected chi connectivity index (χ2v) is 4.80. The van der Waals surface area contributed by atoms with Crippen LogP contribution < -0.4 is 5.32 Å². The first kappa shape index (κ1) is 17.5. The summed E-state index contributed by atoms with van der Waals surface area (Å²) in [6.45, 7) is 1.53. The lowest BCUT2D eigenvalue weighted by atomic mass is 10.0. The summed E-state index contributed by atoms with van der Waals surface area (Å²) in [5.41, 5.74) is -0.0996. The SMILES string of the molecule is Cl.Fc1ccc([C@H](N2CCNCC2)C(F)(F)F)c(Cl)c1. The van der Waals surface area contributed by atoms with Crippen molar-refractivity contribution in [3.8, 4) is 0 Å². The molecule has 1 saturated heterocycles. The molecule has 1 atom stereocenters. The molecule has 0 unspecified atom stereocenters. The molecule has 1 aromatic carbocycles. The van der Waals surface area contributed by atoms with E-state index in [0.29, 0.717) is 13.1 Å². The maximum absolute atomic E-state index is 13.3. The summed E-state index contributed by atoms with van der Waals surface area (Å²) < 4.78 is 52.7. The van der Waals surface area contributed by atoms with E-state index in [-0.39, 0.29) is 36.1 Å². The number of nitrogens with one attached hydrogen (secondary N) is 1. The van der Waals surface area contributed by atoms with Gasteiger partial charge in [-0.3, -0.25) is 4.90 Å². The van der Waals surface area contributed by atoms with Crippen LogP contribution in [-0.4, -0.2) is 37.3 Å². The lowest BCUT2D eigenvalue weighted by Gasteiger charge is -2.36. The van der Waals surface area contributed by atoms with Gasteiger partial charge in [0.1, 0.15) is 11.9 Å². The minimum absolute atomic E-state index is 0. The molecule has 0 aliphatic carbocycles. The van der Waals surface area contributed by atoms with Gasteiger partial charge in [-0.1, -0.05) is 17.7 Å². The third-order valence-corrected chi connectivity index (χ3v) is 3.41. The molecule has 1 N–H and O–H groups in total. The standard InChI is InChI=1S/C12H13ClF4N2.ClH/c13-10-7-8(14)1-2-9(10)11(12(15,16)17)19-5-3-18-4-6-19;/h1-2,7,11,18H,3-6H2;1H/t11-;/m0./s1. The van der Waals surface area contributed by atoms with Crippen molar-refractivity contribution in [1.82, 2.24) is 10.2 Å². The minimum atomic E-state index is -4.45. The molecule has 2 nitrogen and oxygen atoms in total. The molecule has 1 aliphatic rings. The highest BCUT2D eigenvalue weighted by atomic mass is 35.5. The number of rotatable bonds is 2. The van der Waals surface area contributed by atoms with Crippen molar-refractivity contribution in [2.75, 3.05) is 26.2 Å². The number of nitrogens with zero attached hydrogens (tertiary/aromatic N) is 1. The van der Waals surface area contributed by atoms with E-state index < -0.39 is 18.0 Å². The number of hydrogen-bond acceptors (Lipinski definition) is 2. The molecular formula is C12H14Cl2F4N2. The average molecular weight is 333 g/mol. The predicted octanol–water partition coefficient (Wildman–Crippen LogP) is 3.41. The zero-order valence-corrected chi connectivity index (χ0v) is 12.0. The fourth-order valence-electron chi connectivity index (χ4n) is 2.24. The molecule has 0 aromatic heterocycles. The molecule has 1 aromatic rings. The predicted molar refractivity (Wildman–Crippen MR) is 71.9 cm³/mol. The van der Waals surface area contributed by atoms with Gasteiger partial charge in [0.25, 0.3) is 0 Å². The van der Waals surface area contributed by atoms with Gasteiger partial charge in [0, 0.05) is 31.2 Å². The van der Waals surface area contributed by atoms with Crippen LogP contribution >= 0.6 is 24.0 Å². The van der Waals surface area contributed by atoms with E-state index in [1.165, 1.54) is 4.90 Å². The highest BCUT2D eigenvalue weighted by Gasteiger charge is 2.45. The fourth-order valence-corrected chi connectivity index (χ4v) is 2.51. The van der Waals surface area contributed by atoms with Crippen LogP contribution in [0.15, 0.2) is 18.2 Å². The van der Waals surface area contributed by atoms with Crippen LogP contribution in [0.4, 0.5) is 17.6 Å². The van der Waals surface area contributed by atoms with Crippen LogP contribution in [0.2, 0.25) is 5.02 Å². The minimum Gasteiger partial charge on any atom is -0.314 e. The zero-order valence-electron chi connectivity index (χ0n) is 10.4. The lowest BCUT2D eigenvalue weighted by Crippen LogP contribution is -2.49. The maximum Gasteiger partial charge on any atom is 0.408 e. The summed E-state index contributed by atoms with van der Waals surface area (Å²) in [6.07, 6.45) is -4.45. The van der Waals surface area contributed by atoms with Crippen molar-refractivity contribution >= 4 is 24.0 Å². The van der Waals surface area contributed by atoms with E-state index >= 15 is 0 Å². The second-order valence-electron chi connectivity index (χ2n) is 4.40. The van der Waals surface area contributed by atoms with E-state index in [9.17, 15) is 17.6 Å². The molecule has 1 heterocycles. The quantitative estimate of drug-likeness (QED) is 0.835. The third-order valence-electron chi connectivity index (χ3n) is 3.08. The Morgan fingerprint density at radius 3 is 2.30 bits per heavy atom. The van der Waals surface area contributed by atoms with Gasteiger partial charge in [0.15, 0.2) is 0 Å². The van der Waals surface area contributed by atoms with Crippen molar-refractivity contribution in [3.05, 3.63) is 34.6 Å². The van der Waals surface area contributed by atoms with Crippen LogP contribution in [0.1, 0.15) is 11.6 Å². The number of alkyl halides is 3. The highest BCUT2D eigenvalue weighted by molar-refractivity contribution is 6.31. The molecule has 1 aliphatic heterocycles. The summed E-state index contributed by atoms with van der Waals surface area (Å²) in [5.74, 6) is -0.644. The molecular weight excluding hydrogens is 319 g/mol. The Balaban J connectivity index is 0.00000200. The second kappa shape index (κ2) is 6.93. The summed E-state index contributed by atoms with van der Waals surface area (Å²) in [5, 5.41) is 2.80. The van der Waals surface area contributed by atoms with Gasteiger partial charge < -0.3 is 5.32 Å². The monoisotopic (exact) mass is 332 g/mol. The van der Waals surface area contributed by atoms with E-state index in [0.717, 1.165) is 18.2 Å². The summed E-state index contributed by atoms with van der Waals surface area (Å²) in [4.78, 5) is 1.32. The Morgan fingerprint density at radius 1 is 1.20 bits per heavy atom. The molecule has 20 heavy (non-hydrogen) atoms. The van der Waals surface area contributed by atoms with E-state index in [2.05, 4.69) is 5.32 Å². The Labute approximate surface area is 125 Å². The van der Waals surface area contributed by atoms with Crippen LogP contribution in [-0.2, 0) is 0 Å². The molecule has 0 spiro atoms. The lowest BCUT2D eigenvalue weighted by molar-refractivity contribution is -0.187. The van der Waals surface area contributed by atoms with Gasteiger partial charge in [-0.05, 0) is 17.7 Å². The number of hydrogen-bond donors (Lipinski definition) is 1. The van der Waals surface area contributed by atoms with Crippen LogP contribution in [0.5, 0.6) is 0 Å². The van der Waals surface area contributed by atoms with Crippen molar-refractivity contribution in [3.63, 3.8) is 0 Å². The maximum atomic E-state index is 13.3. The van der Waals surface area contributed by atoms with E-state index in [4.69, 9.17) is 11.6 Å². The number of halogens is 6. The molecule has 0 radical (unpaired) electrons. The molecule has 0 amide bonds. The van der Waals surface area contributed by atoms with Crippen molar-refractivity contribution in [1.29, 1.82) is 0 Å². The van der Waals surface area contributed by atoms with E-state index in [1.54, 1.807) is 0 Å². The molecule has 2 rings (SSSR count). The van der Waals surface area contributed by atoms with Gasteiger partial charge in [0.05, 0.1) is 0 Å². The smallest absolute Gasteiger partial charge is 0.314 e. The summed E-state index contributed by atoms with van der Waals surface area (Å²) >= 11 is 5.77. The summed E-state index contributed by atoms with van der Waals surface area (Å²) in [7, 11) is 0. The van der Waals surface area contributed by atoms with Gasteiger partial charge >= 0.3 is 6.18 Å². The van der Waals surface area contributed by atoms with Crippen molar-refractivity contribution in [2.45, 2.75) is 12.2 Å². The molecule has 0 saturated carbocycles. The van der Waals surface area contributed by atoms with Gasteiger partial charge in [-0.25, -0.2) is 4.39 Å². The van der Waals surface area contributed by atoms with Gasteiger partial charge in [0.2, 0.25) is 0 Å².